The molecule has 136 valence electrons. The van der Waals surface area contributed by atoms with Gasteiger partial charge in [0.1, 0.15) is 4.90 Å². The van der Waals surface area contributed by atoms with E-state index >= 15 is 0 Å². The third-order valence-corrected chi connectivity index (χ3v) is 5.78. The number of nitrogens with zero attached hydrogens (tertiary/aromatic N) is 2. The highest BCUT2D eigenvalue weighted by Gasteiger charge is 2.27. The fraction of sp³-hybridized carbons (Fsp3) is 0.250. The Morgan fingerprint density at radius 2 is 2.19 bits per heavy atom. The summed E-state index contributed by atoms with van der Waals surface area (Å²) >= 11 is 5.93. The molecule has 3 aromatic rings. The van der Waals surface area contributed by atoms with Crippen LogP contribution in [0, 0.1) is 0 Å². The number of rotatable bonds is 5. The van der Waals surface area contributed by atoms with Gasteiger partial charge in [-0.25, -0.2) is 18.1 Å². The second-order valence-corrected chi connectivity index (χ2v) is 7.93. The summed E-state index contributed by atoms with van der Waals surface area (Å²) in [5.41, 5.74) is 1.42. The number of methoxy groups -OCH3 is 1. The fourth-order valence-corrected chi connectivity index (χ4v) is 4.06. The van der Waals surface area contributed by atoms with E-state index in [1.165, 1.54) is 13.3 Å². The Kier molecular flexibility index (Phi) is 4.22. The van der Waals surface area contributed by atoms with E-state index in [0.717, 1.165) is 5.56 Å². The Morgan fingerprint density at radius 1 is 1.38 bits per heavy atom. The van der Waals surface area contributed by atoms with E-state index in [2.05, 4.69) is 19.7 Å². The summed E-state index contributed by atoms with van der Waals surface area (Å²) in [6.07, 6.45) is 2.96. The number of anilines is 1. The molecule has 0 unspecified atom stereocenters. The SMILES string of the molecule is COc1nc(NS(=O)(=O)c2c[nH]c3cc(Cl)ccc23)ncc1C1COC1. The molecule has 0 spiro atoms. The standard InChI is InChI=1S/C16H15ClN4O4S/c1-24-15-12(9-7-25-8-9)5-19-16(20-15)21-26(22,23)14-6-18-13-4-10(17)2-3-11(13)14/h2-6,9,18H,7-8H2,1H3,(H,19,20,21). The molecule has 1 saturated heterocycles. The number of ether oxygens (including phenoxy) is 2. The highest BCUT2D eigenvalue weighted by atomic mass is 35.5. The van der Waals surface area contributed by atoms with Gasteiger partial charge < -0.3 is 14.5 Å². The van der Waals surface area contributed by atoms with E-state index in [9.17, 15) is 8.42 Å². The van der Waals surface area contributed by atoms with Gasteiger partial charge in [0.05, 0.1) is 20.3 Å². The average Bonchev–Trinajstić information content (AvgIpc) is 2.98. The van der Waals surface area contributed by atoms with E-state index in [1.54, 1.807) is 24.4 Å². The third kappa shape index (κ3) is 2.98. The lowest BCUT2D eigenvalue weighted by atomic mass is 10.0. The first-order chi connectivity index (χ1) is 12.5. The lowest BCUT2D eigenvalue weighted by Gasteiger charge is -2.26. The molecule has 3 heterocycles. The maximum Gasteiger partial charge on any atom is 0.266 e. The van der Waals surface area contributed by atoms with Crippen molar-refractivity contribution in [3.05, 3.63) is 41.2 Å². The summed E-state index contributed by atoms with van der Waals surface area (Å²) in [5.74, 6) is 0.430. The number of hydrogen-bond acceptors (Lipinski definition) is 6. The molecule has 8 nitrogen and oxygen atoms in total. The molecule has 0 bridgehead atoms. The topological polar surface area (TPSA) is 106 Å². The smallest absolute Gasteiger partial charge is 0.266 e. The minimum atomic E-state index is -3.89. The van der Waals surface area contributed by atoms with Gasteiger partial charge in [0.2, 0.25) is 11.8 Å². The van der Waals surface area contributed by atoms with E-state index in [1.807, 2.05) is 0 Å². The van der Waals surface area contributed by atoms with Crippen LogP contribution in [0.1, 0.15) is 11.5 Å². The van der Waals surface area contributed by atoms with Crippen molar-refractivity contribution < 1.29 is 17.9 Å². The van der Waals surface area contributed by atoms with Crippen LogP contribution in [0.5, 0.6) is 5.88 Å². The Balaban J connectivity index is 1.66. The number of nitrogens with one attached hydrogen (secondary N) is 2. The van der Waals surface area contributed by atoms with Gasteiger partial charge in [0.15, 0.2) is 0 Å². The van der Waals surface area contributed by atoms with Crippen LogP contribution in [0.2, 0.25) is 5.02 Å². The molecule has 1 aromatic carbocycles. The highest BCUT2D eigenvalue weighted by Crippen LogP contribution is 2.31. The first-order valence-electron chi connectivity index (χ1n) is 7.76. The first-order valence-corrected chi connectivity index (χ1v) is 9.62. The second kappa shape index (κ2) is 6.42. The number of H-pyrrole nitrogens is 1. The van der Waals surface area contributed by atoms with Crippen molar-refractivity contribution in [1.82, 2.24) is 15.0 Å². The zero-order valence-electron chi connectivity index (χ0n) is 13.7. The Bertz CT molecular complexity index is 1080. The number of fused-ring (bicyclic) bond motifs is 1. The van der Waals surface area contributed by atoms with Crippen LogP contribution in [0.25, 0.3) is 10.9 Å². The van der Waals surface area contributed by atoms with E-state index in [0.29, 0.717) is 35.0 Å². The number of benzene rings is 1. The summed E-state index contributed by atoms with van der Waals surface area (Å²) in [7, 11) is -2.41. The first kappa shape index (κ1) is 17.1. The third-order valence-electron chi connectivity index (χ3n) is 4.17. The van der Waals surface area contributed by atoms with Crippen molar-refractivity contribution in [3.63, 3.8) is 0 Å². The number of aromatic amines is 1. The van der Waals surface area contributed by atoms with Gasteiger partial charge >= 0.3 is 0 Å². The van der Waals surface area contributed by atoms with Gasteiger partial charge in [-0.15, -0.1) is 0 Å². The maximum atomic E-state index is 12.7. The molecule has 26 heavy (non-hydrogen) atoms. The van der Waals surface area contributed by atoms with Crippen LogP contribution in [0.4, 0.5) is 5.95 Å². The largest absolute Gasteiger partial charge is 0.481 e. The minimum Gasteiger partial charge on any atom is -0.481 e. The number of hydrogen-bond donors (Lipinski definition) is 2. The molecule has 0 atom stereocenters. The number of aromatic nitrogens is 3. The van der Waals surface area contributed by atoms with Gasteiger partial charge in [-0.3, -0.25) is 0 Å². The lowest BCUT2D eigenvalue weighted by molar-refractivity contribution is 0.00716. The molecule has 1 aliphatic heterocycles. The van der Waals surface area contributed by atoms with Crippen molar-refractivity contribution in [2.24, 2.45) is 0 Å². The van der Waals surface area contributed by atoms with Crippen molar-refractivity contribution in [2.45, 2.75) is 10.8 Å². The van der Waals surface area contributed by atoms with Crippen LogP contribution in [0.3, 0.4) is 0 Å². The average molecular weight is 395 g/mol. The molecule has 4 rings (SSSR count). The quantitative estimate of drug-likeness (QED) is 0.688. The molecular formula is C16H15ClN4O4S. The van der Waals surface area contributed by atoms with Crippen LogP contribution in [-0.2, 0) is 14.8 Å². The fourth-order valence-electron chi connectivity index (χ4n) is 2.75. The monoisotopic (exact) mass is 394 g/mol. The van der Waals surface area contributed by atoms with E-state index in [4.69, 9.17) is 21.1 Å². The van der Waals surface area contributed by atoms with Crippen molar-refractivity contribution in [1.29, 1.82) is 0 Å². The summed E-state index contributed by atoms with van der Waals surface area (Å²) in [6.45, 7) is 1.14. The molecule has 0 radical (unpaired) electrons. The normalized spacial score (nSPS) is 15.0. The molecular weight excluding hydrogens is 380 g/mol. The Hall–Kier alpha value is -2.36. The van der Waals surface area contributed by atoms with Gasteiger partial charge in [-0.1, -0.05) is 11.6 Å². The minimum absolute atomic E-state index is 0.0610. The molecule has 0 aliphatic carbocycles. The predicted octanol–water partition coefficient (Wildman–Crippen LogP) is 2.53. The molecule has 1 aliphatic rings. The van der Waals surface area contributed by atoms with Crippen molar-refractivity contribution >= 4 is 38.5 Å². The highest BCUT2D eigenvalue weighted by molar-refractivity contribution is 7.93. The molecule has 2 N–H and O–H groups in total. The number of sulfonamides is 1. The van der Waals surface area contributed by atoms with Crippen LogP contribution >= 0.6 is 11.6 Å². The summed E-state index contributed by atoms with van der Waals surface area (Å²) in [4.78, 5) is 11.3. The summed E-state index contributed by atoms with van der Waals surface area (Å²) < 4.78 is 38.3. The van der Waals surface area contributed by atoms with Crippen molar-refractivity contribution in [2.75, 3.05) is 25.0 Å². The predicted molar refractivity (Wildman–Crippen MR) is 96.3 cm³/mol. The van der Waals surface area contributed by atoms with Gasteiger partial charge in [0.25, 0.3) is 10.0 Å². The van der Waals surface area contributed by atoms with Gasteiger partial charge in [-0.2, -0.15) is 4.98 Å². The second-order valence-electron chi connectivity index (χ2n) is 5.84. The zero-order valence-corrected chi connectivity index (χ0v) is 15.3. The summed E-state index contributed by atoms with van der Waals surface area (Å²) in [5, 5.41) is 1.04. The molecule has 10 heteroatoms. The Labute approximate surface area is 154 Å². The molecule has 0 saturated carbocycles. The van der Waals surface area contributed by atoms with Gasteiger partial charge in [0, 0.05) is 39.8 Å². The lowest BCUT2D eigenvalue weighted by Crippen LogP contribution is -2.26. The van der Waals surface area contributed by atoms with E-state index in [-0.39, 0.29) is 16.8 Å². The van der Waals surface area contributed by atoms with Crippen LogP contribution < -0.4 is 9.46 Å². The number of halogens is 1. The molecule has 2 aromatic heterocycles. The van der Waals surface area contributed by atoms with Crippen LogP contribution in [0.15, 0.2) is 35.5 Å². The maximum absolute atomic E-state index is 12.7. The Morgan fingerprint density at radius 3 is 2.88 bits per heavy atom. The van der Waals surface area contributed by atoms with Crippen LogP contribution in [-0.4, -0.2) is 43.7 Å². The zero-order chi connectivity index (χ0) is 18.3. The van der Waals surface area contributed by atoms with Crippen molar-refractivity contribution in [3.8, 4) is 5.88 Å². The van der Waals surface area contributed by atoms with Gasteiger partial charge in [-0.05, 0) is 18.2 Å². The molecule has 1 fully saturated rings. The summed E-state index contributed by atoms with van der Waals surface area (Å²) in [6, 6.07) is 4.93. The van der Waals surface area contributed by atoms with E-state index < -0.39 is 10.0 Å². The molecule has 0 amide bonds.